The van der Waals surface area contributed by atoms with Crippen molar-refractivity contribution in [2.75, 3.05) is 20.1 Å². The molecule has 0 aromatic rings. The Bertz CT molecular complexity index is 101. The van der Waals surface area contributed by atoms with Gasteiger partial charge in [0.05, 0.1) is 6.17 Å². The first-order valence-corrected chi connectivity index (χ1v) is 4.15. The Labute approximate surface area is 63.6 Å². The summed E-state index contributed by atoms with van der Waals surface area (Å²) in [6, 6.07) is 0. The minimum absolute atomic E-state index is 0.605. The van der Waals surface area contributed by atoms with Crippen LogP contribution in [0.3, 0.4) is 0 Å². The fourth-order valence-corrected chi connectivity index (χ4v) is 1.62. The fourth-order valence-electron chi connectivity index (χ4n) is 1.62. The predicted molar refractivity (Wildman–Crippen MR) is 43.9 cm³/mol. The van der Waals surface area contributed by atoms with Crippen LogP contribution in [0.15, 0.2) is 0 Å². The lowest BCUT2D eigenvalue weighted by Gasteiger charge is -2.36. The zero-order valence-electron chi connectivity index (χ0n) is 7.22. The summed E-state index contributed by atoms with van der Waals surface area (Å²) >= 11 is 0. The molecule has 60 valence electrons. The van der Waals surface area contributed by atoms with Crippen molar-refractivity contribution in [1.29, 1.82) is 0 Å². The SMILES string of the molecule is CC(C)C1NCCCN1C. The van der Waals surface area contributed by atoms with Gasteiger partial charge < -0.3 is 5.32 Å². The molecule has 1 heterocycles. The summed E-state index contributed by atoms with van der Waals surface area (Å²) < 4.78 is 0. The maximum Gasteiger partial charge on any atom is 0.0618 e. The zero-order valence-corrected chi connectivity index (χ0v) is 7.22. The number of rotatable bonds is 1. The first kappa shape index (κ1) is 8.02. The van der Waals surface area contributed by atoms with Crippen molar-refractivity contribution in [2.24, 2.45) is 5.92 Å². The lowest BCUT2D eigenvalue weighted by atomic mass is 10.1. The van der Waals surface area contributed by atoms with Crippen LogP contribution in [0.2, 0.25) is 0 Å². The highest BCUT2D eigenvalue weighted by Crippen LogP contribution is 2.09. The van der Waals surface area contributed by atoms with Gasteiger partial charge in [0, 0.05) is 6.54 Å². The molecule has 1 unspecified atom stereocenters. The van der Waals surface area contributed by atoms with E-state index in [2.05, 4.69) is 31.1 Å². The van der Waals surface area contributed by atoms with Gasteiger partial charge in [0.15, 0.2) is 0 Å². The van der Waals surface area contributed by atoms with Crippen LogP contribution < -0.4 is 5.32 Å². The summed E-state index contributed by atoms with van der Waals surface area (Å²) in [6.07, 6.45) is 1.90. The van der Waals surface area contributed by atoms with Crippen LogP contribution in [-0.4, -0.2) is 31.2 Å². The number of nitrogens with one attached hydrogen (secondary N) is 1. The van der Waals surface area contributed by atoms with Crippen molar-refractivity contribution in [3.8, 4) is 0 Å². The Morgan fingerprint density at radius 2 is 2.20 bits per heavy atom. The molecule has 1 aliphatic rings. The summed E-state index contributed by atoms with van der Waals surface area (Å²) in [6.45, 7) is 6.96. The Morgan fingerprint density at radius 1 is 1.50 bits per heavy atom. The monoisotopic (exact) mass is 142 g/mol. The molecule has 0 aliphatic carbocycles. The average Bonchev–Trinajstić information content (AvgIpc) is 1.88. The second kappa shape index (κ2) is 3.35. The lowest BCUT2D eigenvalue weighted by Crippen LogP contribution is -2.52. The molecule has 1 fully saturated rings. The lowest BCUT2D eigenvalue weighted by molar-refractivity contribution is 0.124. The molecule has 0 radical (unpaired) electrons. The number of hydrogen-bond acceptors (Lipinski definition) is 2. The van der Waals surface area contributed by atoms with Crippen molar-refractivity contribution in [3.05, 3.63) is 0 Å². The van der Waals surface area contributed by atoms with E-state index >= 15 is 0 Å². The molecule has 1 atom stereocenters. The van der Waals surface area contributed by atoms with Crippen LogP contribution in [0.1, 0.15) is 20.3 Å². The molecule has 10 heavy (non-hydrogen) atoms. The predicted octanol–water partition coefficient (Wildman–Crippen LogP) is 0.894. The Morgan fingerprint density at radius 3 is 2.60 bits per heavy atom. The topological polar surface area (TPSA) is 15.3 Å². The van der Waals surface area contributed by atoms with Gasteiger partial charge in [-0.1, -0.05) is 13.8 Å². The first-order valence-electron chi connectivity index (χ1n) is 4.15. The molecule has 0 aromatic heterocycles. The number of hydrogen-bond donors (Lipinski definition) is 1. The van der Waals surface area contributed by atoms with E-state index in [9.17, 15) is 0 Å². The van der Waals surface area contributed by atoms with E-state index in [0.29, 0.717) is 6.17 Å². The highest BCUT2D eigenvalue weighted by atomic mass is 15.3. The van der Waals surface area contributed by atoms with Crippen molar-refractivity contribution < 1.29 is 0 Å². The average molecular weight is 142 g/mol. The highest BCUT2D eigenvalue weighted by Gasteiger charge is 2.20. The molecular formula is C8H18N2. The molecule has 1 saturated heterocycles. The summed E-state index contributed by atoms with van der Waals surface area (Å²) in [5.74, 6) is 0.727. The van der Waals surface area contributed by atoms with E-state index in [1.54, 1.807) is 0 Å². The Balaban J connectivity index is 2.40. The van der Waals surface area contributed by atoms with Crippen molar-refractivity contribution in [3.63, 3.8) is 0 Å². The van der Waals surface area contributed by atoms with E-state index in [1.165, 1.54) is 19.5 Å². The molecular weight excluding hydrogens is 124 g/mol. The van der Waals surface area contributed by atoms with Gasteiger partial charge in [-0.05, 0) is 25.9 Å². The quantitative estimate of drug-likeness (QED) is 0.585. The fraction of sp³-hybridized carbons (Fsp3) is 1.00. The molecule has 0 amide bonds. The van der Waals surface area contributed by atoms with Gasteiger partial charge >= 0.3 is 0 Å². The molecule has 2 nitrogen and oxygen atoms in total. The highest BCUT2D eigenvalue weighted by molar-refractivity contribution is 4.74. The summed E-state index contributed by atoms with van der Waals surface area (Å²) in [5.41, 5.74) is 0. The van der Waals surface area contributed by atoms with Gasteiger partial charge in [0.2, 0.25) is 0 Å². The summed E-state index contributed by atoms with van der Waals surface area (Å²) in [5, 5.41) is 3.49. The van der Waals surface area contributed by atoms with Crippen molar-refractivity contribution in [1.82, 2.24) is 10.2 Å². The van der Waals surface area contributed by atoms with Crippen LogP contribution in [0.5, 0.6) is 0 Å². The van der Waals surface area contributed by atoms with Crippen molar-refractivity contribution in [2.45, 2.75) is 26.4 Å². The maximum absolute atomic E-state index is 3.49. The van der Waals surface area contributed by atoms with Crippen LogP contribution in [0, 0.1) is 5.92 Å². The normalized spacial score (nSPS) is 29.4. The van der Waals surface area contributed by atoms with E-state index in [1.807, 2.05) is 0 Å². The van der Waals surface area contributed by atoms with Crippen LogP contribution in [0.25, 0.3) is 0 Å². The van der Waals surface area contributed by atoms with E-state index in [0.717, 1.165) is 5.92 Å². The third kappa shape index (κ3) is 1.70. The van der Waals surface area contributed by atoms with Gasteiger partial charge in [-0.3, -0.25) is 4.90 Å². The molecule has 1 rings (SSSR count). The Hall–Kier alpha value is -0.0800. The molecule has 1 N–H and O–H groups in total. The van der Waals surface area contributed by atoms with Crippen LogP contribution in [-0.2, 0) is 0 Å². The summed E-state index contributed by atoms with van der Waals surface area (Å²) in [4.78, 5) is 2.40. The van der Waals surface area contributed by atoms with Gasteiger partial charge in [-0.25, -0.2) is 0 Å². The van der Waals surface area contributed by atoms with Gasteiger partial charge in [-0.2, -0.15) is 0 Å². The second-order valence-electron chi connectivity index (χ2n) is 3.48. The van der Waals surface area contributed by atoms with Gasteiger partial charge in [0.25, 0.3) is 0 Å². The number of nitrogens with zero attached hydrogens (tertiary/aromatic N) is 1. The minimum Gasteiger partial charge on any atom is -0.301 e. The first-order chi connectivity index (χ1) is 4.72. The largest absolute Gasteiger partial charge is 0.301 e. The summed E-state index contributed by atoms with van der Waals surface area (Å²) in [7, 11) is 2.19. The second-order valence-corrected chi connectivity index (χ2v) is 3.48. The van der Waals surface area contributed by atoms with E-state index in [-0.39, 0.29) is 0 Å². The van der Waals surface area contributed by atoms with E-state index < -0.39 is 0 Å². The van der Waals surface area contributed by atoms with Crippen LogP contribution >= 0.6 is 0 Å². The minimum atomic E-state index is 0.605. The smallest absolute Gasteiger partial charge is 0.0618 e. The zero-order chi connectivity index (χ0) is 7.56. The van der Waals surface area contributed by atoms with Crippen molar-refractivity contribution >= 4 is 0 Å². The van der Waals surface area contributed by atoms with Crippen LogP contribution in [0.4, 0.5) is 0 Å². The maximum atomic E-state index is 3.49. The van der Waals surface area contributed by atoms with Gasteiger partial charge in [-0.15, -0.1) is 0 Å². The third-order valence-electron chi connectivity index (χ3n) is 2.15. The molecule has 1 aliphatic heterocycles. The molecule has 0 aromatic carbocycles. The standard InChI is InChI=1S/C8H18N2/c1-7(2)8-9-5-4-6-10(8)3/h7-9H,4-6H2,1-3H3. The van der Waals surface area contributed by atoms with E-state index in [4.69, 9.17) is 0 Å². The third-order valence-corrected chi connectivity index (χ3v) is 2.15. The molecule has 2 heteroatoms. The molecule has 0 saturated carbocycles. The molecule has 0 spiro atoms. The molecule has 0 bridgehead atoms. The Kier molecular flexibility index (Phi) is 2.69. The van der Waals surface area contributed by atoms with Gasteiger partial charge in [0.1, 0.15) is 0 Å².